The Hall–Kier alpha value is -8.48. The van der Waals surface area contributed by atoms with Crippen molar-refractivity contribution in [2.45, 2.75) is 0 Å². The number of hydrogen-bond donors (Lipinski definition) is 0. The van der Waals surface area contributed by atoms with Crippen LogP contribution in [0.3, 0.4) is 0 Å². The molecule has 4 heterocycles. The van der Waals surface area contributed by atoms with E-state index in [1.54, 1.807) is 0 Å². The van der Waals surface area contributed by atoms with Gasteiger partial charge in [0.05, 0.1) is 44.1 Å². The maximum atomic E-state index is 5.14. The van der Waals surface area contributed by atoms with Crippen LogP contribution in [0.5, 0.6) is 0 Å². The number of benzene rings is 9. The average molecular weight is 793 g/mol. The van der Waals surface area contributed by atoms with Crippen molar-refractivity contribution in [2.24, 2.45) is 0 Å². The van der Waals surface area contributed by atoms with Crippen LogP contribution in [-0.4, -0.2) is 28.2 Å². The minimum absolute atomic E-state index is 0.919. The summed E-state index contributed by atoms with van der Waals surface area (Å²) in [6.07, 6.45) is 0. The van der Waals surface area contributed by atoms with Gasteiger partial charge < -0.3 is 9.13 Å². The van der Waals surface area contributed by atoms with Gasteiger partial charge in [0, 0.05) is 55.4 Å². The summed E-state index contributed by atoms with van der Waals surface area (Å²) in [5.74, 6) is 1.84. The lowest BCUT2D eigenvalue weighted by atomic mass is 10.1. The van der Waals surface area contributed by atoms with E-state index in [0.717, 1.165) is 89.7 Å². The van der Waals surface area contributed by atoms with E-state index >= 15 is 0 Å². The smallest absolute Gasteiger partial charge is 0.145 e. The molecule has 9 aromatic carbocycles. The molecule has 0 N–H and O–H groups in total. The van der Waals surface area contributed by atoms with Crippen LogP contribution in [0.1, 0.15) is 0 Å². The summed E-state index contributed by atoms with van der Waals surface area (Å²) in [6, 6.07) is 77.7. The van der Waals surface area contributed by atoms with Crippen molar-refractivity contribution in [3.05, 3.63) is 218 Å². The van der Waals surface area contributed by atoms with Gasteiger partial charge in [0.2, 0.25) is 0 Å². The van der Waals surface area contributed by atoms with Crippen LogP contribution in [-0.2, 0) is 0 Å². The number of para-hydroxylation sites is 6. The van der Waals surface area contributed by atoms with Crippen LogP contribution >= 0.6 is 0 Å². The molecule has 0 unspecified atom stereocenters. The second-order valence-electron chi connectivity index (χ2n) is 15.8. The van der Waals surface area contributed by atoms with Crippen molar-refractivity contribution < 1.29 is 0 Å². The zero-order valence-corrected chi connectivity index (χ0v) is 33.5. The van der Waals surface area contributed by atoms with Crippen molar-refractivity contribution >= 4 is 65.7 Å². The highest BCUT2D eigenvalue weighted by molar-refractivity contribution is 6.29. The van der Waals surface area contributed by atoms with Crippen molar-refractivity contribution in [2.75, 3.05) is 0 Å². The van der Waals surface area contributed by atoms with Crippen molar-refractivity contribution in [3.8, 4) is 45.5 Å². The lowest BCUT2D eigenvalue weighted by molar-refractivity contribution is 1.08. The van der Waals surface area contributed by atoms with Crippen LogP contribution in [0.15, 0.2) is 218 Å². The van der Waals surface area contributed by atoms with Crippen LogP contribution in [0.4, 0.5) is 0 Å². The fraction of sp³-hybridized carbons (Fsp3) is 0. The van der Waals surface area contributed by atoms with E-state index in [2.05, 4.69) is 237 Å². The van der Waals surface area contributed by atoms with E-state index in [-0.39, 0.29) is 0 Å². The van der Waals surface area contributed by atoms with Crippen molar-refractivity contribution in [1.82, 2.24) is 28.2 Å². The van der Waals surface area contributed by atoms with Gasteiger partial charge in [-0.15, -0.1) is 0 Å². The van der Waals surface area contributed by atoms with Gasteiger partial charge in [0.25, 0.3) is 0 Å². The van der Waals surface area contributed by atoms with Crippen molar-refractivity contribution in [3.63, 3.8) is 0 Å². The molecule has 0 aliphatic carbocycles. The Morgan fingerprint density at radius 3 is 1.05 bits per heavy atom. The largest absolute Gasteiger partial charge is 0.309 e. The third kappa shape index (κ3) is 5.10. The van der Waals surface area contributed by atoms with E-state index in [1.807, 2.05) is 0 Å². The van der Waals surface area contributed by atoms with Gasteiger partial charge in [0.15, 0.2) is 0 Å². The summed E-state index contributed by atoms with van der Waals surface area (Å²) in [5.41, 5.74) is 15.1. The minimum atomic E-state index is 0.919. The number of aromatic nitrogens is 6. The summed E-state index contributed by atoms with van der Waals surface area (Å²) in [6.45, 7) is 0. The molecule has 4 aromatic heterocycles. The predicted molar refractivity (Wildman–Crippen MR) is 255 cm³/mol. The fourth-order valence-corrected chi connectivity index (χ4v) is 9.75. The van der Waals surface area contributed by atoms with Gasteiger partial charge in [0.1, 0.15) is 11.6 Å². The maximum Gasteiger partial charge on any atom is 0.145 e. The summed E-state index contributed by atoms with van der Waals surface area (Å²) in [4.78, 5) is 10.3. The van der Waals surface area contributed by atoms with Crippen molar-refractivity contribution in [1.29, 1.82) is 0 Å². The second-order valence-corrected chi connectivity index (χ2v) is 15.8. The Balaban J connectivity index is 1.03. The zero-order chi connectivity index (χ0) is 40.7. The summed E-state index contributed by atoms with van der Waals surface area (Å²) in [5, 5.41) is 4.90. The molecular formula is C56H36N6. The number of rotatable bonds is 6. The molecule has 0 bridgehead atoms. The number of fused-ring (bicyclic) bond motifs is 9. The Morgan fingerprint density at radius 1 is 0.258 bits per heavy atom. The van der Waals surface area contributed by atoms with E-state index in [1.165, 1.54) is 21.5 Å². The second kappa shape index (κ2) is 13.5. The summed E-state index contributed by atoms with van der Waals surface area (Å²) >= 11 is 0. The first-order valence-electron chi connectivity index (χ1n) is 21.0. The molecule has 0 amide bonds. The molecule has 0 radical (unpaired) electrons. The first-order chi connectivity index (χ1) is 30.8. The molecular weight excluding hydrogens is 757 g/mol. The van der Waals surface area contributed by atoms with Gasteiger partial charge in [-0.2, -0.15) is 0 Å². The van der Waals surface area contributed by atoms with Gasteiger partial charge in [-0.25, -0.2) is 9.97 Å². The number of nitrogens with zero attached hydrogens (tertiary/aromatic N) is 6. The van der Waals surface area contributed by atoms with Gasteiger partial charge in [-0.1, -0.05) is 133 Å². The lowest BCUT2D eigenvalue weighted by Gasteiger charge is -2.14. The Morgan fingerprint density at radius 2 is 0.613 bits per heavy atom. The van der Waals surface area contributed by atoms with E-state index in [4.69, 9.17) is 9.97 Å². The van der Waals surface area contributed by atoms with Crippen LogP contribution in [0.2, 0.25) is 0 Å². The van der Waals surface area contributed by atoms with Crippen LogP contribution < -0.4 is 0 Å². The Kier molecular flexibility index (Phi) is 7.50. The molecule has 6 nitrogen and oxygen atoms in total. The van der Waals surface area contributed by atoms with E-state index < -0.39 is 0 Å². The lowest BCUT2D eigenvalue weighted by Crippen LogP contribution is -2.01. The van der Waals surface area contributed by atoms with Gasteiger partial charge in [-0.05, 0) is 84.9 Å². The normalized spacial score (nSPS) is 11.9. The third-order valence-electron chi connectivity index (χ3n) is 12.3. The van der Waals surface area contributed by atoms with Crippen LogP contribution in [0, 0.1) is 0 Å². The van der Waals surface area contributed by atoms with Gasteiger partial charge >= 0.3 is 0 Å². The molecule has 0 atom stereocenters. The Labute approximate surface area is 356 Å². The third-order valence-corrected chi connectivity index (χ3v) is 12.3. The number of hydrogen-bond acceptors (Lipinski definition) is 2. The predicted octanol–water partition coefficient (Wildman–Crippen LogP) is 13.9. The summed E-state index contributed by atoms with van der Waals surface area (Å²) < 4.78 is 9.43. The molecule has 0 fully saturated rings. The minimum Gasteiger partial charge on any atom is -0.309 e. The quantitative estimate of drug-likeness (QED) is 0.168. The molecule has 290 valence electrons. The highest BCUT2D eigenvalue weighted by Gasteiger charge is 2.22. The highest BCUT2D eigenvalue weighted by Crippen LogP contribution is 2.43. The molecule has 13 aromatic rings. The van der Waals surface area contributed by atoms with E-state index in [0.29, 0.717) is 0 Å². The van der Waals surface area contributed by atoms with Gasteiger partial charge in [-0.3, -0.25) is 9.13 Å². The molecule has 0 aliphatic heterocycles. The molecule has 0 saturated heterocycles. The standard InChI is InChI=1S/C56H36N6/c1-3-17-37(18-4-1)55-57-45-27-9-13-31-49(45)61(55)41-23-15-21-39(35-41)59-47-29-11-7-25-43(47)53-51(59)33-34-52-54(53)44-26-8-12-30-48(44)60(52)40-22-16-24-42(36-40)62-50-32-14-10-28-46(50)58-56(62)38-19-5-2-6-20-38/h1-36H. The first-order valence-corrected chi connectivity index (χ1v) is 21.0. The fourth-order valence-electron chi connectivity index (χ4n) is 9.75. The molecule has 62 heavy (non-hydrogen) atoms. The maximum absolute atomic E-state index is 5.14. The molecule has 13 rings (SSSR count). The molecule has 6 heteroatoms. The zero-order valence-electron chi connectivity index (χ0n) is 33.5. The number of imidazole rings is 2. The monoisotopic (exact) mass is 792 g/mol. The molecule has 0 saturated carbocycles. The first kappa shape index (κ1) is 34.4. The topological polar surface area (TPSA) is 45.5 Å². The highest BCUT2D eigenvalue weighted by atomic mass is 15.1. The average Bonchev–Trinajstić information content (AvgIpc) is 4.10. The SMILES string of the molecule is c1ccc(-c2nc3ccccc3n2-c2cccc(-n3c4ccccc4c4c5c6ccccc6n(-c6cccc(-n7c(-c8ccccc8)nc8ccccc87)c6)c5ccc43)c2)cc1. The van der Waals surface area contributed by atoms with Crippen LogP contribution in [0.25, 0.3) is 111 Å². The molecule has 0 spiro atoms. The molecule has 0 aliphatic rings. The summed E-state index contributed by atoms with van der Waals surface area (Å²) in [7, 11) is 0. The Bertz CT molecular complexity index is 3610. The van der Waals surface area contributed by atoms with E-state index in [9.17, 15) is 0 Å².